The van der Waals surface area contributed by atoms with Gasteiger partial charge in [0.05, 0.1) is 17.9 Å². The van der Waals surface area contributed by atoms with Crippen molar-refractivity contribution in [1.82, 2.24) is 19.7 Å². The highest BCUT2D eigenvalue weighted by Gasteiger charge is 2.21. The zero-order valence-corrected chi connectivity index (χ0v) is 15.0. The molecule has 3 aromatic rings. The average Bonchev–Trinajstić information content (AvgIpc) is 3.29. The van der Waals surface area contributed by atoms with Crippen LogP contribution in [0.4, 0.5) is 5.95 Å². The first kappa shape index (κ1) is 16.5. The average molecular weight is 351 g/mol. The minimum atomic E-state index is -0.0753. The van der Waals surface area contributed by atoms with Crippen molar-refractivity contribution in [2.45, 2.75) is 33.2 Å². The quantitative estimate of drug-likeness (QED) is 0.719. The monoisotopic (exact) mass is 351 g/mol. The summed E-state index contributed by atoms with van der Waals surface area (Å²) >= 11 is 0. The highest BCUT2D eigenvalue weighted by atomic mass is 16.5. The lowest BCUT2D eigenvalue weighted by Crippen LogP contribution is -2.31. The van der Waals surface area contributed by atoms with Crippen LogP contribution in [0.1, 0.15) is 29.9 Å². The third kappa shape index (κ3) is 3.00. The standard InChI is InChI=1S/C19H21N5O2/c1-13-16(14(2)26-22-13)12-24-18(25)11-17(15-5-7-20-8-6-15)21-19(24)23-9-3-4-10-23/h5-8,11H,3-4,9-10,12H2,1-2H3. The molecule has 0 spiro atoms. The minimum absolute atomic E-state index is 0.0753. The van der Waals surface area contributed by atoms with Crippen molar-refractivity contribution in [3.63, 3.8) is 0 Å². The molecule has 0 unspecified atom stereocenters. The molecule has 1 fully saturated rings. The smallest absolute Gasteiger partial charge is 0.255 e. The number of nitrogens with zero attached hydrogens (tertiary/aromatic N) is 5. The first-order chi connectivity index (χ1) is 12.6. The van der Waals surface area contributed by atoms with Crippen LogP contribution in [-0.4, -0.2) is 32.8 Å². The van der Waals surface area contributed by atoms with Crippen molar-refractivity contribution in [3.05, 3.63) is 58.0 Å². The van der Waals surface area contributed by atoms with Crippen LogP contribution in [0.5, 0.6) is 0 Å². The number of pyridine rings is 1. The molecule has 3 aromatic heterocycles. The number of rotatable bonds is 4. The summed E-state index contributed by atoms with van der Waals surface area (Å²) in [7, 11) is 0. The van der Waals surface area contributed by atoms with Gasteiger partial charge in [-0.05, 0) is 38.8 Å². The first-order valence-electron chi connectivity index (χ1n) is 8.82. The molecule has 0 aliphatic carbocycles. The molecule has 7 nitrogen and oxygen atoms in total. The van der Waals surface area contributed by atoms with Gasteiger partial charge in [-0.2, -0.15) is 0 Å². The van der Waals surface area contributed by atoms with Gasteiger partial charge in [0.2, 0.25) is 5.95 Å². The van der Waals surface area contributed by atoms with E-state index in [0.29, 0.717) is 18.2 Å². The van der Waals surface area contributed by atoms with Crippen LogP contribution in [0.2, 0.25) is 0 Å². The van der Waals surface area contributed by atoms with Gasteiger partial charge in [0.1, 0.15) is 5.76 Å². The maximum atomic E-state index is 13.0. The molecule has 0 amide bonds. The van der Waals surface area contributed by atoms with E-state index in [0.717, 1.165) is 48.5 Å². The first-order valence-corrected chi connectivity index (χ1v) is 8.82. The van der Waals surface area contributed by atoms with Crippen LogP contribution < -0.4 is 10.5 Å². The Bertz CT molecular complexity index is 952. The van der Waals surface area contributed by atoms with Gasteiger partial charge in [0, 0.05) is 42.7 Å². The Balaban J connectivity index is 1.83. The second-order valence-electron chi connectivity index (χ2n) is 6.60. The molecule has 0 radical (unpaired) electrons. The van der Waals surface area contributed by atoms with Gasteiger partial charge in [0.25, 0.3) is 5.56 Å². The van der Waals surface area contributed by atoms with Gasteiger partial charge < -0.3 is 9.42 Å². The van der Waals surface area contributed by atoms with Gasteiger partial charge in [0.15, 0.2) is 0 Å². The fraction of sp³-hybridized carbons (Fsp3) is 0.368. The Morgan fingerprint density at radius 1 is 1.15 bits per heavy atom. The van der Waals surface area contributed by atoms with E-state index in [-0.39, 0.29) is 5.56 Å². The molecule has 1 aliphatic heterocycles. The predicted octanol–water partition coefficient (Wildman–Crippen LogP) is 2.56. The van der Waals surface area contributed by atoms with E-state index in [9.17, 15) is 4.79 Å². The second-order valence-corrected chi connectivity index (χ2v) is 6.60. The van der Waals surface area contributed by atoms with E-state index in [1.54, 1.807) is 23.0 Å². The molecule has 0 aromatic carbocycles. The molecule has 0 saturated carbocycles. The minimum Gasteiger partial charge on any atom is -0.361 e. The molecule has 1 saturated heterocycles. The van der Waals surface area contributed by atoms with E-state index < -0.39 is 0 Å². The molecule has 26 heavy (non-hydrogen) atoms. The molecule has 4 heterocycles. The van der Waals surface area contributed by atoms with Crippen LogP contribution >= 0.6 is 0 Å². The molecule has 0 N–H and O–H groups in total. The number of aromatic nitrogens is 4. The fourth-order valence-corrected chi connectivity index (χ4v) is 3.36. The van der Waals surface area contributed by atoms with Crippen molar-refractivity contribution in [3.8, 4) is 11.3 Å². The van der Waals surface area contributed by atoms with E-state index in [1.165, 1.54) is 0 Å². The van der Waals surface area contributed by atoms with Gasteiger partial charge >= 0.3 is 0 Å². The van der Waals surface area contributed by atoms with Crippen molar-refractivity contribution >= 4 is 5.95 Å². The van der Waals surface area contributed by atoms with Crippen LogP contribution in [0.3, 0.4) is 0 Å². The number of aryl methyl sites for hydroxylation is 2. The Labute approximate surface area is 151 Å². The summed E-state index contributed by atoms with van der Waals surface area (Å²) in [4.78, 5) is 24.0. The number of hydrogen-bond acceptors (Lipinski definition) is 6. The summed E-state index contributed by atoms with van der Waals surface area (Å²) in [5, 5.41) is 4.00. The zero-order chi connectivity index (χ0) is 18.1. The van der Waals surface area contributed by atoms with Crippen LogP contribution in [0.15, 0.2) is 39.9 Å². The topological polar surface area (TPSA) is 77.1 Å². The van der Waals surface area contributed by atoms with Gasteiger partial charge in [-0.3, -0.25) is 14.3 Å². The van der Waals surface area contributed by atoms with E-state index in [1.807, 2.05) is 26.0 Å². The van der Waals surface area contributed by atoms with Gasteiger partial charge in [-0.1, -0.05) is 5.16 Å². The molecule has 4 rings (SSSR count). The molecular weight excluding hydrogens is 330 g/mol. The summed E-state index contributed by atoms with van der Waals surface area (Å²) in [6.45, 7) is 6.00. The van der Waals surface area contributed by atoms with E-state index >= 15 is 0 Å². The molecule has 134 valence electrons. The molecule has 1 aliphatic rings. The SMILES string of the molecule is Cc1noc(C)c1Cn1c(N2CCCC2)nc(-c2ccncc2)cc1=O. The molecular formula is C19H21N5O2. The van der Waals surface area contributed by atoms with Crippen LogP contribution in [0, 0.1) is 13.8 Å². The summed E-state index contributed by atoms with van der Waals surface area (Å²) < 4.78 is 6.98. The lowest BCUT2D eigenvalue weighted by Gasteiger charge is -2.22. The Morgan fingerprint density at radius 3 is 2.54 bits per heavy atom. The highest BCUT2D eigenvalue weighted by molar-refractivity contribution is 5.59. The maximum Gasteiger partial charge on any atom is 0.255 e. The van der Waals surface area contributed by atoms with E-state index in [4.69, 9.17) is 9.51 Å². The third-order valence-corrected chi connectivity index (χ3v) is 4.85. The predicted molar refractivity (Wildman–Crippen MR) is 98.3 cm³/mol. The Morgan fingerprint density at radius 2 is 1.88 bits per heavy atom. The van der Waals surface area contributed by atoms with Crippen molar-refractivity contribution in [2.24, 2.45) is 0 Å². The maximum absolute atomic E-state index is 13.0. The highest BCUT2D eigenvalue weighted by Crippen LogP contribution is 2.23. The summed E-state index contributed by atoms with van der Waals surface area (Å²) in [6, 6.07) is 5.33. The van der Waals surface area contributed by atoms with E-state index in [2.05, 4.69) is 15.0 Å². The zero-order valence-electron chi connectivity index (χ0n) is 15.0. The van der Waals surface area contributed by atoms with Gasteiger partial charge in [-0.25, -0.2) is 4.98 Å². The van der Waals surface area contributed by atoms with Crippen LogP contribution in [-0.2, 0) is 6.54 Å². The normalized spacial score (nSPS) is 14.2. The largest absolute Gasteiger partial charge is 0.361 e. The molecule has 0 atom stereocenters. The number of hydrogen-bond donors (Lipinski definition) is 0. The van der Waals surface area contributed by atoms with Crippen molar-refractivity contribution in [1.29, 1.82) is 0 Å². The van der Waals surface area contributed by atoms with Crippen molar-refractivity contribution in [2.75, 3.05) is 18.0 Å². The third-order valence-electron chi connectivity index (χ3n) is 4.85. The summed E-state index contributed by atoms with van der Waals surface area (Å²) in [6.07, 6.45) is 5.64. The summed E-state index contributed by atoms with van der Waals surface area (Å²) in [5.41, 5.74) is 3.23. The Hall–Kier alpha value is -2.96. The molecule has 0 bridgehead atoms. The summed E-state index contributed by atoms with van der Waals surface area (Å²) in [5.74, 6) is 1.45. The van der Waals surface area contributed by atoms with Gasteiger partial charge in [-0.15, -0.1) is 0 Å². The lowest BCUT2D eigenvalue weighted by molar-refractivity contribution is 0.392. The Kier molecular flexibility index (Phi) is 4.28. The molecule has 7 heteroatoms. The number of anilines is 1. The lowest BCUT2D eigenvalue weighted by atomic mass is 10.2. The van der Waals surface area contributed by atoms with Crippen molar-refractivity contribution < 1.29 is 4.52 Å². The van der Waals surface area contributed by atoms with Crippen LogP contribution in [0.25, 0.3) is 11.3 Å². The fourth-order valence-electron chi connectivity index (χ4n) is 3.36. The second kappa shape index (κ2) is 6.74.